The summed E-state index contributed by atoms with van der Waals surface area (Å²) in [5.41, 5.74) is 1.04. The molecule has 0 aliphatic rings. The van der Waals surface area contributed by atoms with Crippen molar-refractivity contribution in [1.82, 2.24) is 15.1 Å². The zero-order chi connectivity index (χ0) is 17.2. The summed E-state index contributed by atoms with van der Waals surface area (Å²) in [5.74, 6) is 0.730. The molecule has 0 fully saturated rings. The Morgan fingerprint density at radius 1 is 1.13 bits per heavy atom. The first-order valence-electron chi connectivity index (χ1n) is 7.86. The Labute approximate surface area is 138 Å². The highest BCUT2D eigenvalue weighted by molar-refractivity contribution is 5.81. The van der Waals surface area contributed by atoms with Crippen molar-refractivity contribution >= 4 is 11.8 Å². The number of hydrogen-bond donors (Lipinski definition) is 1. The molecular formula is C17H27N3O3. The third-order valence-electron chi connectivity index (χ3n) is 3.55. The maximum Gasteiger partial charge on any atom is 0.236 e. The van der Waals surface area contributed by atoms with Crippen LogP contribution in [0, 0.1) is 0 Å². The van der Waals surface area contributed by atoms with E-state index >= 15 is 0 Å². The number of methoxy groups -OCH3 is 1. The first kappa shape index (κ1) is 19.0. The Morgan fingerprint density at radius 2 is 1.78 bits per heavy atom. The molecule has 0 heterocycles. The van der Waals surface area contributed by atoms with E-state index in [0.29, 0.717) is 19.6 Å². The lowest BCUT2D eigenvalue weighted by Crippen LogP contribution is -2.43. The number of carbonyl (C=O) groups is 2. The molecule has 23 heavy (non-hydrogen) atoms. The molecular weight excluding hydrogens is 294 g/mol. The molecule has 0 saturated carbocycles. The second-order valence-electron chi connectivity index (χ2n) is 5.35. The van der Waals surface area contributed by atoms with E-state index in [1.54, 1.807) is 19.1 Å². The summed E-state index contributed by atoms with van der Waals surface area (Å²) in [4.78, 5) is 27.4. The van der Waals surface area contributed by atoms with Gasteiger partial charge in [0, 0.05) is 20.1 Å². The maximum absolute atomic E-state index is 12.3. The molecule has 1 aromatic rings. The van der Waals surface area contributed by atoms with E-state index in [-0.39, 0.29) is 24.9 Å². The van der Waals surface area contributed by atoms with Crippen LogP contribution >= 0.6 is 0 Å². The van der Waals surface area contributed by atoms with E-state index in [2.05, 4.69) is 5.32 Å². The average molecular weight is 321 g/mol. The number of amides is 2. The van der Waals surface area contributed by atoms with Crippen LogP contribution in [-0.2, 0) is 16.1 Å². The van der Waals surface area contributed by atoms with Gasteiger partial charge in [0.2, 0.25) is 11.8 Å². The third-order valence-corrected chi connectivity index (χ3v) is 3.55. The molecule has 0 atom stereocenters. The van der Waals surface area contributed by atoms with Crippen molar-refractivity contribution in [2.75, 3.05) is 40.3 Å². The fourth-order valence-corrected chi connectivity index (χ4v) is 2.14. The Morgan fingerprint density at radius 3 is 2.30 bits per heavy atom. The molecule has 0 spiro atoms. The van der Waals surface area contributed by atoms with Crippen molar-refractivity contribution in [1.29, 1.82) is 0 Å². The van der Waals surface area contributed by atoms with Crippen LogP contribution in [0.4, 0.5) is 0 Å². The molecule has 0 unspecified atom stereocenters. The lowest BCUT2D eigenvalue weighted by Gasteiger charge is -2.23. The Hall–Kier alpha value is -2.08. The van der Waals surface area contributed by atoms with Gasteiger partial charge < -0.3 is 15.0 Å². The average Bonchev–Trinajstić information content (AvgIpc) is 2.54. The Balaban J connectivity index is 2.52. The number of rotatable bonds is 9. The standard InChI is InChI=1S/C17H27N3O3/c1-5-18-16(21)12-20(6-2)13-17(22)19(3)11-14-7-9-15(23-4)10-8-14/h7-10H,5-6,11-13H2,1-4H3,(H,18,21). The molecule has 0 aromatic heterocycles. The summed E-state index contributed by atoms with van der Waals surface area (Å²) in [5, 5.41) is 2.75. The fourth-order valence-electron chi connectivity index (χ4n) is 2.14. The van der Waals surface area contributed by atoms with Gasteiger partial charge in [0.25, 0.3) is 0 Å². The van der Waals surface area contributed by atoms with Crippen LogP contribution in [0.25, 0.3) is 0 Å². The summed E-state index contributed by atoms with van der Waals surface area (Å²) < 4.78 is 5.12. The summed E-state index contributed by atoms with van der Waals surface area (Å²) >= 11 is 0. The predicted molar refractivity (Wildman–Crippen MR) is 90.3 cm³/mol. The lowest BCUT2D eigenvalue weighted by atomic mass is 10.2. The Bertz CT molecular complexity index is 502. The van der Waals surface area contributed by atoms with Crippen molar-refractivity contribution in [2.24, 2.45) is 0 Å². The maximum atomic E-state index is 12.3. The van der Waals surface area contributed by atoms with Gasteiger partial charge in [-0.25, -0.2) is 0 Å². The van der Waals surface area contributed by atoms with Crippen LogP contribution in [0.1, 0.15) is 19.4 Å². The highest BCUT2D eigenvalue weighted by Gasteiger charge is 2.16. The lowest BCUT2D eigenvalue weighted by molar-refractivity contribution is -0.132. The molecule has 6 nitrogen and oxygen atoms in total. The van der Waals surface area contributed by atoms with Gasteiger partial charge in [0.05, 0.1) is 20.2 Å². The number of hydrogen-bond acceptors (Lipinski definition) is 4. The zero-order valence-corrected chi connectivity index (χ0v) is 14.5. The van der Waals surface area contributed by atoms with Gasteiger partial charge in [-0.15, -0.1) is 0 Å². The van der Waals surface area contributed by atoms with Crippen LogP contribution in [0.15, 0.2) is 24.3 Å². The summed E-state index contributed by atoms with van der Waals surface area (Å²) in [6.07, 6.45) is 0. The predicted octanol–water partition coefficient (Wildman–Crippen LogP) is 1.11. The first-order valence-corrected chi connectivity index (χ1v) is 7.86. The van der Waals surface area contributed by atoms with Crippen molar-refractivity contribution < 1.29 is 14.3 Å². The van der Waals surface area contributed by atoms with Gasteiger partial charge in [0.15, 0.2) is 0 Å². The van der Waals surface area contributed by atoms with Crippen LogP contribution in [-0.4, -0.2) is 62.0 Å². The molecule has 1 aromatic carbocycles. The van der Waals surface area contributed by atoms with Gasteiger partial charge in [-0.1, -0.05) is 19.1 Å². The van der Waals surface area contributed by atoms with Crippen molar-refractivity contribution in [3.05, 3.63) is 29.8 Å². The summed E-state index contributed by atoms with van der Waals surface area (Å²) in [6.45, 7) is 6.08. The minimum absolute atomic E-state index is 0.00744. The summed E-state index contributed by atoms with van der Waals surface area (Å²) in [6, 6.07) is 7.63. The third kappa shape index (κ3) is 6.69. The normalized spacial score (nSPS) is 10.5. The van der Waals surface area contributed by atoms with Gasteiger partial charge in [0.1, 0.15) is 5.75 Å². The van der Waals surface area contributed by atoms with Crippen molar-refractivity contribution in [2.45, 2.75) is 20.4 Å². The molecule has 6 heteroatoms. The molecule has 0 bridgehead atoms. The highest BCUT2D eigenvalue weighted by Crippen LogP contribution is 2.12. The van der Waals surface area contributed by atoms with Gasteiger partial charge >= 0.3 is 0 Å². The topological polar surface area (TPSA) is 61.9 Å². The largest absolute Gasteiger partial charge is 0.497 e. The van der Waals surface area contributed by atoms with E-state index in [9.17, 15) is 9.59 Å². The Kier molecular flexibility index (Phi) is 8.11. The van der Waals surface area contributed by atoms with Crippen LogP contribution in [0.2, 0.25) is 0 Å². The SMILES string of the molecule is CCNC(=O)CN(CC)CC(=O)N(C)Cc1ccc(OC)cc1. The monoisotopic (exact) mass is 321 g/mol. The molecule has 128 valence electrons. The van der Waals surface area contributed by atoms with E-state index < -0.39 is 0 Å². The zero-order valence-electron chi connectivity index (χ0n) is 14.5. The minimum atomic E-state index is -0.0556. The van der Waals surface area contributed by atoms with E-state index in [4.69, 9.17) is 4.74 Å². The van der Waals surface area contributed by atoms with Crippen molar-refractivity contribution in [3.63, 3.8) is 0 Å². The molecule has 1 N–H and O–H groups in total. The minimum Gasteiger partial charge on any atom is -0.497 e. The second kappa shape index (κ2) is 9.84. The van der Waals surface area contributed by atoms with Crippen LogP contribution < -0.4 is 10.1 Å². The van der Waals surface area contributed by atoms with Crippen LogP contribution in [0.3, 0.4) is 0 Å². The number of nitrogens with one attached hydrogen (secondary N) is 1. The first-order chi connectivity index (χ1) is 11.0. The number of likely N-dealkylation sites (N-methyl/N-ethyl adjacent to an activating group) is 3. The van der Waals surface area contributed by atoms with Gasteiger partial charge in [-0.05, 0) is 31.2 Å². The molecule has 0 aliphatic heterocycles. The second-order valence-corrected chi connectivity index (χ2v) is 5.35. The highest BCUT2D eigenvalue weighted by atomic mass is 16.5. The molecule has 1 rings (SSSR count). The molecule has 2 amide bonds. The number of benzene rings is 1. The molecule has 0 radical (unpaired) electrons. The van der Waals surface area contributed by atoms with E-state index in [0.717, 1.165) is 11.3 Å². The fraction of sp³-hybridized carbons (Fsp3) is 0.529. The summed E-state index contributed by atoms with van der Waals surface area (Å²) in [7, 11) is 3.39. The van der Waals surface area contributed by atoms with Crippen LogP contribution in [0.5, 0.6) is 5.75 Å². The number of nitrogens with zero attached hydrogens (tertiary/aromatic N) is 2. The van der Waals surface area contributed by atoms with E-state index in [1.807, 2.05) is 43.0 Å². The smallest absolute Gasteiger partial charge is 0.236 e. The number of ether oxygens (including phenoxy) is 1. The van der Waals surface area contributed by atoms with Gasteiger partial charge in [-0.2, -0.15) is 0 Å². The quantitative estimate of drug-likeness (QED) is 0.740. The van der Waals surface area contributed by atoms with E-state index in [1.165, 1.54) is 0 Å². The number of carbonyl (C=O) groups excluding carboxylic acids is 2. The van der Waals surface area contributed by atoms with Crippen molar-refractivity contribution in [3.8, 4) is 5.75 Å². The molecule has 0 saturated heterocycles. The van der Waals surface area contributed by atoms with Gasteiger partial charge in [-0.3, -0.25) is 14.5 Å². The molecule has 0 aliphatic carbocycles.